The largest absolute Gasteiger partial charge is 0.573 e. The summed E-state index contributed by atoms with van der Waals surface area (Å²) in [6, 6.07) is 12.3. The summed E-state index contributed by atoms with van der Waals surface area (Å²) in [4.78, 5) is 31.5. The minimum Gasteiger partial charge on any atom is -0.406 e. The van der Waals surface area contributed by atoms with Crippen LogP contribution in [0, 0.1) is 0 Å². The van der Waals surface area contributed by atoms with Crippen molar-refractivity contribution in [1.82, 2.24) is 9.88 Å². The fourth-order valence-corrected chi connectivity index (χ4v) is 5.01. The number of hydrogen-bond acceptors (Lipinski definition) is 5. The number of hydrogen-bond donors (Lipinski definition) is 1. The molecule has 2 heterocycles. The number of thiazole rings is 1. The van der Waals surface area contributed by atoms with Gasteiger partial charge in [-0.25, -0.2) is 4.98 Å². The number of benzene rings is 2. The lowest BCUT2D eigenvalue weighted by atomic mass is 9.97. The molecule has 11 heteroatoms. The topological polar surface area (TPSA) is 71.5 Å². The Morgan fingerprint density at radius 3 is 2.60 bits per heavy atom. The molecular formula is C24H21ClF3N3O3S. The van der Waals surface area contributed by atoms with E-state index in [1.807, 2.05) is 23.1 Å². The Balaban J connectivity index is 1.31. The molecule has 184 valence electrons. The first-order valence-corrected chi connectivity index (χ1v) is 12.1. The van der Waals surface area contributed by atoms with Crippen molar-refractivity contribution in [3.05, 3.63) is 75.2 Å². The summed E-state index contributed by atoms with van der Waals surface area (Å²) in [5.41, 5.74) is 1.15. The van der Waals surface area contributed by atoms with Crippen LogP contribution in [0.2, 0.25) is 5.02 Å². The second-order valence-corrected chi connectivity index (χ2v) is 9.32. The second kappa shape index (κ2) is 10.7. The lowest BCUT2D eigenvalue weighted by Gasteiger charge is -2.31. The van der Waals surface area contributed by atoms with Gasteiger partial charge in [0, 0.05) is 41.2 Å². The van der Waals surface area contributed by atoms with Gasteiger partial charge < -0.3 is 15.0 Å². The molecule has 1 saturated heterocycles. The van der Waals surface area contributed by atoms with Crippen molar-refractivity contribution in [3.8, 4) is 5.75 Å². The molecule has 1 N–H and O–H groups in total. The van der Waals surface area contributed by atoms with Gasteiger partial charge in [0.05, 0.1) is 11.4 Å². The third kappa shape index (κ3) is 6.73. The third-order valence-corrected chi connectivity index (χ3v) is 6.95. The monoisotopic (exact) mass is 523 g/mol. The minimum absolute atomic E-state index is 0.0208. The highest BCUT2D eigenvalue weighted by Gasteiger charge is 2.31. The number of carbonyl (C=O) groups excluding carboxylic acids is 2. The molecule has 1 fully saturated rings. The molecule has 1 aliphatic heterocycles. The molecule has 0 atom stereocenters. The van der Waals surface area contributed by atoms with Gasteiger partial charge in [0.2, 0.25) is 5.91 Å². The number of likely N-dealkylation sites (tertiary alicyclic amines) is 1. The van der Waals surface area contributed by atoms with Gasteiger partial charge in [-0.2, -0.15) is 0 Å². The second-order valence-electron chi connectivity index (χ2n) is 8.02. The Labute approximate surface area is 208 Å². The average molecular weight is 524 g/mol. The van der Waals surface area contributed by atoms with Gasteiger partial charge in [-0.3, -0.25) is 9.59 Å². The highest BCUT2D eigenvalue weighted by Crippen LogP contribution is 2.31. The Hall–Kier alpha value is -3.11. The van der Waals surface area contributed by atoms with Crippen LogP contribution in [0.4, 0.5) is 18.9 Å². The summed E-state index contributed by atoms with van der Waals surface area (Å²) in [6.07, 6.45) is -3.12. The molecule has 1 aliphatic rings. The summed E-state index contributed by atoms with van der Waals surface area (Å²) >= 11 is 7.51. The number of anilines is 1. The predicted octanol–water partition coefficient (Wildman–Crippen LogP) is 5.90. The standard InChI is InChI=1S/C24H21ClF3N3O3S/c25-19-7-2-1-4-16(19)12-21(32)31-10-8-15(9-11-31)23-30-20(14-35-23)22(33)29-17-5-3-6-18(13-17)34-24(26,27)28/h1-7,13-15H,8-12H2,(H,29,33). The van der Waals surface area contributed by atoms with Crippen LogP contribution in [0.25, 0.3) is 0 Å². The van der Waals surface area contributed by atoms with E-state index >= 15 is 0 Å². The lowest BCUT2D eigenvalue weighted by molar-refractivity contribution is -0.274. The molecule has 2 aromatic carbocycles. The zero-order valence-electron chi connectivity index (χ0n) is 18.3. The quantitative estimate of drug-likeness (QED) is 0.437. The Morgan fingerprint density at radius 2 is 1.89 bits per heavy atom. The molecule has 0 radical (unpaired) electrons. The van der Waals surface area contributed by atoms with Crippen LogP contribution < -0.4 is 10.1 Å². The van der Waals surface area contributed by atoms with E-state index < -0.39 is 18.0 Å². The molecule has 0 aliphatic carbocycles. The van der Waals surface area contributed by atoms with Crippen molar-refractivity contribution in [1.29, 1.82) is 0 Å². The van der Waals surface area contributed by atoms with Crippen LogP contribution in [-0.4, -0.2) is 41.2 Å². The van der Waals surface area contributed by atoms with E-state index in [0.717, 1.165) is 35.5 Å². The van der Waals surface area contributed by atoms with Crippen LogP contribution in [0.1, 0.15) is 39.8 Å². The van der Waals surface area contributed by atoms with Crippen LogP contribution in [0.5, 0.6) is 5.75 Å². The van der Waals surface area contributed by atoms with Crippen LogP contribution in [-0.2, 0) is 11.2 Å². The fraction of sp³-hybridized carbons (Fsp3) is 0.292. The van der Waals surface area contributed by atoms with Gasteiger partial charge in [-0.1, -0.05) is 35.9 Å². The van der Waals surface area contributed by atoms with Gasteiger partial charge in [0.15, 0.2) is 0 Å². The van der Waals surface area contributed by atoms with E-state index in [4.69, 9.17) is 11.6 Å². The molecule has 0 saturated carbocycles. The maximum atomic E-state index is 12.7. The van der Waals surface area contributed by atoms with Gasteiger partial charge in [0.25, 0.3) is 5.91 Å². The zero-order valence-corrected chi connectivity index (χ0v) is 19.9. The molecule has 0 bridgehead atoms. The molecule has 1 aromatic heterocycles. The smallest absolute Gasteiger partial charge is 0.406 e. The number of amides is 2. The molecule has 2 amide bonds. The van der Waals surface area contributed by atoms with Gasteiger partial charge >= 0.3 is 6.36 Å². The van der Waals surface area contributed by atoms with E-state index in [1.165, 1.54) is 23.5 Å². The summed E-state index contributed by atoms with van der Waals surface area (Å²) in [6.45, 7) is 1.17. The Bertz CT molecular complexity index is 1210. The SMILES string of the molecule is O=C(Nc1cccc(OC(F)(F)F)c1)c1csc(C2CCN(C(=O)Cc3ccccc3Cl)CC2)n1. The number of ether oxygens (including phenoxy) is 1. The van der Waals surface area contributed by atoms with Gasteiger partial charge in [-0.05, 0) is 36.6 Å². The fourth-order valence-electron chi connectivity index (χ4n) is 3.84. The Kier molecular flexibility index (Phi) is 7.61. The van der Waals surface area contributed by atoms with Crippen molar-refractivity contribution in [2.45, 2.75) is 31.5 Å². The molecule has 0 unspecified atom stereocenters. The number of halogens is 4. The average Bonchev–Trinajstić information content (AvgIpc) is 3.30. The first-order valence-electron chi connectivity index (χ1n) is 10.8. The molecule has 35 heavy (non-hydrogen) atoms. The summed E-state index contributed by atoms with van der Waals surface area (Å²) in [5.74, 6) is -0.809. The zero-order chi connectivity index (χ0) is 25.0. The van der Waals surface area contributed by atoms with Crippen LogP contribution >= 0.6 is 22.9 Å². The van der Waals surface area contributed by atoms with E-state index in [1.54, 1.807) is 11.4 Å². The van der Waals surface area contributed by atoms with Crippen molar-refractivity contribution >= 4 is 40.4 Å². The maximum Gasteiger partial charge on any atom is 0.573 e. The van der Waals surface area contributed by atoms with E-state index in [2.05, 4.69) is 15.0 Å². The molecule has 0 spiro atoms. The minimum atomic E-state index is -4.82. The predicted molar refractivity (Wildman–Crippen MR) is 127 cm³/mol. The van der Waals surface area contributed by atoms with Crippen molar-refractivity contribution < 1.29 is 27.5 Å². The van der Waals surface area contributed by atoms with Gasteiger partial charge in [0.1, 0.15) is 11.4 Å². The summed E-state index contributed by atoms with van der Waals surface area (Å²) < 4.78 is 41.1. The van der Waals surface area contributed by atoms with Crippen LogP contribution in [0.15, 0.2) is 53.9 Å². The number of piperidine rings is 1. The molecular weight excluding hydrogens is 503 g/mol. The Morgan fingerprint density at radius 1 is 1.14 bits per heavy atom. The highest BCUT2D eigenvalue weighted by molar-refractivity contribution is 7.10. The molecule has 6 nitrogen and oxygen atoms in total. The number of carbonyl (C=O) groups is 2. The number of alkyl halides is 3. The molecule has 4 rings (SSSR count). The van der Waals surface area contributed by atoms with E-state index in [0.29, 0.717) is 18.1 Å². The lowest BCUT2D eigenvalue weighted by Crippen LogP contribution is -2.38. The van der Waals surface area contributed by atoms with E-state index in [9.17, 15) is 22.8 Å². The third-order valence-electron chi connectivity index (χ3n) is 5.58. The van der Waals surface area contributed by atoms with Crippen LogP contribution in [0.3, 0.4) is 0 Å². The number of aromatic nitrogens is 1. The normalized spacial score (nSPS) is 14.6. The molecule has 3 aromatic rings. The maximum absolute atomic E-state index is 12.7. The number of rotatable bonds is 6. The highest BCUT2D eigenvalue weighted by atomic mass is 35.5. The van der Waals surface area contributed by atoms with Crippen molar-refractivity contribution in [2.24, 2.45) is 0 Å². The summed E-state index contributed by atoms with van der Waals surface area (Å²) in [7, 11) is 0. The number of nitrogens with zero attached hydrogens (tertiary/aromatic N) is 2. The van der Waals surface area contributed by atoms with E-state index in [-0.39, 0.29) is 29.6 Å². The number of nitrogens with one attached hydrogen (secondary N) is 1. The first kappa shape index (κ1) is 25.0. The van der Waals surface area contributed by atoms with Gasteiger partial charge in [-0.15, -0.1) is 24.5 Å². The van der Waals surface area contributed by atoms with Crippen molar-refractivity contribution in [3.63, 3.8) is 0 Å². The van der Waals surface area contributed by atoms with Crippen molar-refractivity contribution in [2.75, 3.05) is 18.4 Å². The first-order chi connectivity index (χ1) is 16.7. The summed E-state index contributed by atoms with van der Waals surface area (Å²) in [5, 5.41) is 5.53.